The molecule has 0 unspecified atom stereocenters. The molecule has 1 amide bonds. The number of ether oxygens (including phenoxy) is 1. The summed E-state index contributed by atoms with van der Waals surface area (Å²) in [6.07, 6.45) is 8.45. The summed E-state index contributed by atoms with van der Waals surface area (Å²) in [5, 5.41) is 22.5. The van der Waals surface area contributed by atoms with Crippen molar-refractivity contribution in [2.24, 2.45) is 32.8 Å². The number of aliphatic hydroxyl groups is 1. The molecule has 6 nitrogen and oxygen atoms in total. The average molecular weight is 1630 g/mol. The van der Waals surface area contributed by atoms with Crippen LogP contribution in [-0.4, -0.2) is 62.6 Å². The van der Waals surface area contributed by atoms with Crippen LogP contribution in [0, 0.1) is 27.1 Å². The van der Waals surface area contributed by atoms with Crippen molar-refractivity contribution in [2.45, 2.75) is 273 Å². The summed E-state index contributed by atoms with van der Waals surface area (Å²) in [5.74, 6) is 2.84. The molecule has 0 heterocycles. The first-order valence-corrected chi connectivity index (χ1v) is 39.0. The third-order valence-corrected chi connectivity index (χ3v) is 15.2. The number of fused-ring (bicyclic) bond motifs is 5. The predicted molar refractivity (Wildman–Crippen MR) is 535 cm³/mol. The van der Waals surface area contributed by atoms with Gasteiger partial charge in [0.05, 0.1) is 6.61 Å². The van der Waals surface area contributed by atoms with Crippen molar-refractivity contribution in [1.29, 1.82) is 0 Å². The van der Waals surface area contributed by atoms with Crippen LogP contribution in [0.5, 0.6) is 0 Å². The van der Waals surface area contributed by atoms with E-state index in [-0.39, 0.29) is 86.1 Å². The van der Waals surface area contributed by atoms with Gasteiger partial charge in [-0.05, 0) is 113 Å². The number of aliphatic hydroxyl groups excluding tert-OH is 1. The minimum absolute atomic E-state index is 0. The highest BCUT2D eigenvalue weighted by atomic mass is 79.9. The first kappa shape index (κ1) is 143. The topological polar surface area (TPSA) is 102 Å². The fourth-order valence-electron chi connectivity index (χ4n) is 5.87. The Kier molecular flexibility index (Phi) is 116. The number of alkyl halides is 1. The Labute approximate surface area is 707 Å². The van der Waals surface area contributed by atoms with Gasteiger partial charge in [0.1, 0.15) is 0 Å². The van der Waals surface area contributed by atoms with E-state index in [9.17, 15) is 9.59 Å². The van der Waals surface area contributed by atoms with Crippen LogP contribution < -0.4 is 11.1 Å². The number of amides is 1. The van der Waals surface area contributed by atoms with Crippen LogP contribution in [-0.2, 0) is 14.3 Å². The minimum Gasteiger partial charge on any atom is -0.466 e. The monoisotopic (exact) mass is 1630 g/mol. The summed E-state index contributed by atoms with van der Waals surface area (Å²) >= 11 is 4.79. The van der Waals surface area contributed by atoms with Gasteiger partial charge in [0, 0.05) is 28.0 Å². The van der Waals surface area contributed by atoms with E-state index < -0.39 is 0 Å². The Hall–Kier alpha value is -6.81. The molecule has 0 aromatic heterocycles. The largest absolute Gasteiger partial charge is 0.466 e. The van der Waals surface area contributed by atoms with Crippen LogP contribution in [0.3, 0.4) is 0 Å². The molecular formula is C103H185BrN2O4S. The molecule has 10 rings (SSSR count). The van der Waals surface area contributed by atoms with E-state index in [1.54, 1.807) is 14.0 Å². The maximum Gasteiger partial charge on any atom is 0.302 e. The van der Waals surface area contributed by atoms with Crippen LogP contribution in [0.15, 0.2) is 243 Å². The molecular weight excluding hydrogens is 1440 g/mol. The Morgan fingerprint density at radius 3 is 0.423 bits per heavy atom. The number of nitrogens with two attached hydrogens (primary N) is 1. The summed E-state index contributed by atoms with van der Waals surface area (Å²) in [6, 6.07) is 83.6. The molecule has 0 atom stereocenters. The van der Waals surface area contributed by atoms with Gasteiger partial charge in [-0.15, -0.1) is 0 Å². The van der Waals surface area contributed by atoms with E-state index in [0.29, 0.717) is 33.7 Å². The van der Waals surface area contributed by atoms with Crippen molar-refractivity contribution in [3.8, 4) is 0 Å². The first-order chi connectivity index (χ1) is 47.6. The standard InChI is InChI=1S/5C10H8.5C6H14.C4H8O2.C3H7NO.C3H8S.CH3Br.CH5N.CH4O.10CH4/c5*1-2-6-10-8-4-3-7-9(10)5-1;5*1-5-6(2,3)4;1-3-6-4(2)5;1-3(5)4-2;1-3-4-2;3*1-2;;;;;;;;;;/h5*1-8H;5*5H2,1-4H3;3H2,1-2H3;1-2H3,(H,4,5);3H2,1-2H3;1H3;2H2,1H3;2H,1H3;10*1H4. The van der Waals surface area contributed by atoms with Crippen LogP contribution in [0.25, 0.3) is 53.9 Å². The average Bonchev–Trinajstić information content (AvgIpc) is 0.902. The number of hydrogen-bond acceptors (Lipinski definition) is 6. The Morgan fingerprint density at radius 1 is 0.315 bits per heavy atom. The highest BCUT2D eigenvalue weighted by Crippen LogP contribution is 2.20. The summed E-state index contributed by atoms with van der Waals surface area (Å²) in [5.41, 5.74) is 7.21. The van der Waals surface area contributed by atoms with Gasteiger partial charge in [0.15, 0.2) is 0 Å². The predicted octanol–water partition coefficient (Wildman–Crippen LogP) is 34.7. The third-order valence-electron chi connectivity index (χ3n) is 14.6. The molecule has 0 saturated carbocycles. The molecule has 0 bridgehead atoms. The SMILES string of the molecule is C.C.C.C.C.C.C.C.C.C.CBr.CCC(C)(C)C.CCC(C)(C)C.CCC(C)(C)C.CCC(C)(C)C.CCC(C)(C)C.CCOC(C)=O.CCSC.CN.CNC(C)=O.CO.c1ccc2ccccc2c1.c1ccc2ccccc2c1.c1ccc2ccccc2c1.c1ccc2ccccc2c1.c1ccc2ccccc2c1. The number of hydrogen-bond donors (Lipinski definition) is 3. The Bertz CT molecular complexity index is 2630. The summed E-state index contributed by atoms with van der Waals surface area (Å²) in [6.45, 7) is 52.0. The molecule has 0 spiro atoms. The van der Waals surface area contributed by atoms with Crippen molar-refractivity contribution >= 4 is 93.4 Å². The number of rotatable bonds is 2. The molecule has 0 radical (unpaired) electrons. The fraction of sp³-hybridized carbons (Fsp3) is 0.495. The normalized spacial score (nSPS) is 8.90. The van der Waals surface area contributed by atoms with Crippen LogP contribution in [0.2, 0.25) is 0 Å². The van der Waals surface area contributed by atoms with Gasteiger partial charge in [-0.25, -0.2) is 0 Å². The van der Waals surface area contributed by atoms with E-state index in [1.807, 2.05) is 17.6 Å². The van der Waals surface area contributed by atoms with Gasteiger partial charge in [0.25, 0.3) is 0 Å². The summed E-state index contributed by atoms with van der Waals surface area (Å²) in [4.78, 5) is 19.5. The van der Waals surface area contributed by atoms with E-state index in [4.69, 9.17) is 5.11 Å². The van der Waals surface area contributed by atoms with Crippen molar-refractivity contribution in [2.75, 3.05) is 45.7 Å². The lowest BCUT2D eigenvalue weighted by Crippen LogP contribution is -2.11. The van der Waals surface area contributed by atoms with Crippen molar-refractivity contribution < 1.29 is 19.4 Å². The molecule has 0 aliphatic carbocycles. The second kappa shape index (κ2) is 90.4. The maximum atomic E-state index is 9.82. The highest BCUT2D eigenvalue weighted by molar-refractivity contribution is 9.08. The quantitative estimate of drug-likeness (QED) is 0.118. The fourth-order valence-corrected chi connectivity index (χ4v) is 5.87. The van der Waals surface area contributed by atoms with E-state index in [0.717, 1.165) is 7.11 Å². The zero-order valence-corrected chi connectivity index (χ0v) is 71.5. The molecule has 0 saturated heterocycles. The Morgan fingerprint density at radius 2 is 0.396 bits per heavy atom. The second-order valence-electron chi connectivity index (χ2n) is 28.6. The van der Waals surface area contributed by atoms with Gasteiger partial charge in [-0.2, -0.15) is 11.8 Å². The van der Waals surface area contributed by atoms with Gasteiger partial charge >= 0.3 is 5.97 Å². The molecule has 8 heteroatoms. The summed E-state index contributed by atoms with van der Waals surface area (Å²) in [7, 11) is 4.10. The molecule has 0 aliphatic heterocycles. The number of esters is 1. The van der Waals surface area contributed by atoms with E-state index in [2.05, 4.69) is 426 Å². The van der Waals surface area contributed by atoms with Crippen molar-refractivity contribution in [3.05, 3.63) is 243 Å². The smallest absolute Gasteiger partial charge is 0.302 e. The number of carbonyl (C=O) groups is 2. The molecule has 111 heavy (non-hydrogen) atoms. The molecule has 4 N–H and O–H groups in total. The summed E-state index contributed by atoms with van der Waals surface area (Å²) < 4.78 is 4.40. The van der Waals surface area contributed by atoms with E-state index in [1.165, 1.54) is 113 Å². The zero-order chi connectivity index (χ0) is 78.8. The van der Waals surface area contributed by atoms with Crippen LogP contribution >= 0.6 is 27.7 Å². The zero-order valence-electron chi connectivity index (χ0n) is 69.1. The number of carbonyl (C=O) groups excluding carboxylic acids is 2. The molecule has 644 valence electrons. The third kappa shape index (κ3) is 97.3. The van der Waals surface area contributed by atoms with Gasteiger partial charge in [-0.3, -0.25) is 9.59 Å². The first-order valence-electron chi connectivity index (χ1n) is 36.0. The second-order valence-corrected chi connectivity index (χ2v) is 29.8. The highest BCUT2D eigenvalue weighted by Gasteiger charge is 2.06. The lowest BCUT2D eigenvalue weighted by Gasteiger charge is -2.12. The molecule has 10 aromatic carbocycles. The van der Waals surface area contributed by atoms with Gasteiger partial charge < -0.3 is 20.9 Å². The molecule has 0 fully saturated rings. The van der Waals surface area contributed by atoms with E-state index >= 15 is 0 Å². The minimum atomic E-state index is -0.211. The molecule has 10 aromatic rings. The lowest BCUT2D eigenvalue weighted by atomic mass is 9.94. The number of benzene rings is 10. The Balaban J connectivity index is -0.0000000627. The number of thioether (sulfide) groups is 1. The van der Waals surface area contributed by atoms with Crippen molar-refractivity contribution in [1.82, 2.24) is 5.32 Å². The van der Waals surface area contributed by atoms with Crippen molar-refractivity contribution in [3.63, 3.8) is 0 Å². The number of halogens is 1. The maximum absolute atomic E-state index is 9.82. The molecule has 0 aliphatic rings. The van der Waals surface area contributed by atoms with Gasteiger partial charge in [-0.1, -0.05) is 510 Å². The van der Waals surface area contributed by atoms with Crippen LogP contribution in [0.1, 0.15) is 273 Å². The lowest BCUT2D eigenvalue weighted by molar-refractivity contribution is -0.140. The van der Waals surface area contributed by atoms with Gasteiger partial charge in [0.2, 0.25) is 5.91 Å². The number of nitrogens with one attached hydrogen (secondary N) is 1. The van der Waals surface area contributed by atoms with Crippen LogP contribution in [0.4, 0.5) is 0 Å².